The van der Waals surface area contributed by atoms with Crippen molar-refractivity contribution >= 4 is 23.0 Å². The van der Waals surface area contributed by atoms with Crippen molar-refractivity contribution < 1.29 is 0 Å². The van der Waals surface area contributed by atoms with Crippen LogP contribution in [0.1, 0.15) is 40.5 Å². The molecule has 0 saturated heterocycles. The Labute approximate surface area is 85.8 Å². The highest BCUT2D eigenvalue weighted by molar-refractivity contribution is 7.80. The first-order chi connectivity index (χ1) is 5.90. The molecule has 0 aliphatic carbocycles. The highest BCUT2D eigenvalue weighted by Gasteiger charge is 2.20. The van der Waals surface area contributed by atoms with Gasteiger partial charge in [-0.05, 0) is 25.6 Å². The molecule has 0 rings (SSSR count). The minimum Gasteiger partial charge on any atom is -0.375 e. The van der Waals surface area contributed by atoms with Gasteiger partial charge in [-0.2, -0.15) is 5.10 Å². The van der Waals surface area contributed by atoms with Gasteiger partial charge in [0.05, 0.1) is 0 Å². The number of nitrogens with zero attached hydrogens (tertiary/aromatic N) is 1. The molecule has 4 heteroatoms. The van der Waals surface area contributed by atoms with Gasteiger partial charge in [-0.3, -0.25) is 5.43 Å². The van der Waals surface area contributed by atoms with Crippen LogP contribution in [0.25, 0.3) is 0 Å². The number of hydrogen-bond acceptors (Lipinski definition) is 2. The lowest BCUT2D eigenvalue weighted by atomic mass is 9.84. The molecule has 0 aromatic carbocycles. The smallest absolute Gasteiger partial charge is 0.184 e. The fourth-order valence-corrected chi connectivity index (χ4v) is 1.14. The molecule has 0 aromatic heterocycles. The number of hydrogen-bond donors (Lipinski definition) is 2. The van der Waals surface area contributed by atoms with Crippen molar-refractivity contribution in [2.75, 3.05) is 0 Å². The Morgan fingerprint density at radius 1 is 1.54 bits per heavy atom. The van der Waals surface area contributed by atoms with Crippen LogP contribution in [0, 0.1) is 5.41 Å². The van der Waals surface area contributed by atoms with Crippen LogP contribution in [0.5, 0.6) is 0 Å². The van der Waals surface area contributed by atoms with E-state index in [-0.39, 0.29) is 10.5 Å². The van der Waals surface area contributed by atoms with E-state index in [4.69, 9.17) is 5.73 Å². The quantitative estimate of drug-likeness (QED) is 0.415. The zero-order valence-corrected chi connectivity index (χ0v) is 9.66. The van der Waals surface area contributed by atoms with Gasteiger partial charge in [0.2, 0.25) is 0 Å². The Balaban J connectivity index is 4.29. The van der Waals surface area contributed by atoms with Crippen molar-refractivity contribution in [1.82, 2.24) is 5.43 Å². The minimum absolute atomic E-state index is 0.118. The van der Waals surface area contributed by atoms with Gasteiger partial charge in [0.15, 0.2) is 5.11 Å². The molecule has 0 spiro atoms. The molecule has 0 amide bonds. The normalized spacial score (nSPS) is 12.8. The van der Waals surface area contributed by atoms with Gasteiger partial charge in [-0.1, -0.05) is 27.2 Å². The van der Waals surface area contributed by atoms with E-state index in [2.05, 4.69) is 43.5 Å². The van der Waals surface area contributed by atoms with Crippen molar-refractivity contribution in [3.63, 3.8) is 0 Å². The van der Waals surface area contributed by atoms with Crippen LogP contribution in [0.2, 0.25) is 0 Å². The molecule has 0 aliphatic heterocycles. The number of hydrazone groups is 1. The average Bonchev–Trinajstić information content (AvgIpc) is 1.99. The second kappa shape index (κ2) is 5.17. The molecule has 0 saturated carbocycles. The van der Waals surface area contributed by atoms with Crippen molar-refractivity contribution in [3.05, 3.63) is 0 Å². The van der Waals surface area contributed by atoms with Crippen LogP contribution < -0.4 is 11.2 Å². The largest absolute Gasteiger partial charge is 0.375 e. The number of rotatable bonds is 4. The first-order valence-electron chi connectivity index (χ1n) is 4.50. The van der Waals surface area contributed by atoms with Gasteiger partial charge in [-0.15, -0.1) is 0 Å². The third-order valence-electron chi connectivity index (χ3n) is 2.19. The molecule has 3 N–H and O–H groups in total. The maximum Gasteiger partial charge on any atom is 0.184 e. The van der Waals surface area contributed by atoms with Crippen LogP contribution >= 0.6 is 12.2 Å². The minimum atomic E-state index is 0.118. The Hall–Kier alpha value is -0.640. The van der Waals surface area contributed by atoms with Crippen molar-refractivity contribution in [1.29, 1.82) is 0 Å². The van der Waals surface area contributed by atoms with Crippen LogP contribution in [-0.4, -0.2) is 10.8 Å². The Morgan fingerprint density at radius 3 is 2.46 bits per heavy atom. The predicted molar refractivity (Wildman–Crippen MR) is 61.7 cm³/mol. The summed E-state index contributed by atoms with van der Waals surface area (Å²) in [6, 6.07) is 0. The number of thiocarbonyl (C=S) groups is 1. The summed E-state index contributed by atoms with van der Waals surface area (Å²) in [5.74, 6) is 0. The average molecular weight is 201 g/mol. The standard InChI is InChI=1S/C9H19N3S/c1-5-6-9(3,4)7(2)11-12-8(10)13/h5-6H2,1-4H3,(H3,10,12,13)/b11-7-. The molecule has 0 atom stereocenters. The zero-order valence-electron chi connectivity index (χ0n) is 8.85. The third-order valence-corrected chi connectivity index (χ3v) is 2.28. The molecule has 0 bridgehead atoms. The van der Waals surface area contributed by atoms with Gasteiger partial charge >= 0.3 is 0 Å². The fourth-order valence-electron chi connectivity index (χ4n) is 1.10. The SMILES string of the molecule is CCCC(C)(C)/C(C)=N\NC(N)=S. The number of nitrogens with two attached hydrogens (primary N) is 1. The first kappa shape index (κ1) is 12.4. The highest BCUT2D eigenvalue weighted by Crippen LogP contribution is 2.23. The molecule has 0 fully saturated rings. The van der Waals surface area contributed by atoms with Crippen molar-refractivity contribution in [2.24, 2.45) is 16.3 Å². The molecule has 0 radical (unpaired) electrons. The van der Waals surface area contributed by atoms with Crippen LogP contribution in [0.15, 0.2) is 5.10 Å². The molecular formula is C9H19N3S. The van der Waals surface area contributed by atoms with E-state index < -0.39 is 0 Å². The fraction of sp³-hybridized carbons (Fsp3) is 0.778. The summed E-state index contributed by atoms with van der Waals surface area (Å²) < 4.78 is 0. The maximum absolute atomic E-state index is 5.27. The van der Waals surface area contributed by atoms with E-state index in [9.17, 15) is 0 Å². The zero-order chi connectivity index (χ0) is 10.5. The van der Waals surface area contributed by atoms with Gasteiger partial charge in [0.1, 0.15) is 0 Å². The number of nitrogens with one attached hydrogen (secondary N) is 1. The maximum atomic E-state index is 5.27. The second-order valence-corrected chi connectivity index (χ2v) is 4.25. The van der Waals surface area contributed by atoms with Crippen molar-refractivity contribution in [3.8, 4) is 0 Å². The second-order valence-electron chi connectivity index (χ2n) is 3.81. The predicted octanol–water partition coefficient (Wildman–Crippen LogP) is 2.02. The lowest BCUT2D eigenvalue weighted by Gasteiger charge is -2.23. The molecule has 3 nitrogen and oxygen atoms in total. The van der Waals surface area contributed by atoms with Gasteiger partial charge in [-0.25, -0.2) is 0 Å². The molecule has 13 heavy (non-hydrogen) atoms. The summed E-state index contributed by atoms with van der Waals surface area (Å²) in [4.78, 5) is 0. The third kappa shape index (κ3) is 4.83. The molecule has 0 aromatic rings. The van der Waals surface area contributed by atoms with Crippen molar-refractivity contribution in [2.45, 2.75) is 40.5 Å². The molecule has 76 valence electrons. The Kier molecular flexibility index (Phi) is 4.91. The summed E-state index contributed by atoms with van der Waals surface area (Å²) in [6.07, 6.45) is 2.26. The summed E-state index contributed by atoms with van der Waals surface area (Å²) >= 11 is 4.66. The Morgan fingerprint density at radius 2 is 2.08 bits per heavy atom. The Bertz CT molecular complexity index is 209. The van der Waals surface area contributed by atoms with Gasteiger partial charge in [0, 0.05) is 11.1 Å². The lowest BCUT2D eigenvalue weighted by Crippen LogP contribution is -2.29. The molecular weight excluding hydrogens is 182 g/mol. The summed E-state index contributed by atoms with van der Waals surface area (Å²) in [6.45, 7) is 8.48. The highest BCUT2D eigenvalue weighted by atomic mass is 32.1. The van der Waals surface area contributed by atoms with E-state index in [1.807, 2.05) is 6.92 Å². The van der Waals surface area contributed by atoms with E-state index in [1.165, 1.54) is 0 Å². The molecule has 0 heterocycles. The van der Waals surface area contributed by atoms with Gasteiger partial charge in [0.25, 0.3) is 0 Å². The van der Waals surface area contributed by atoms with E-state index in [0.29, 0.717) is 0 Å². The first-order valence-corrected chi connectivity index (χ1v) is 4.91. The topological polar surface area (TPSA) is 50.4 Å². The van der Waals surface area contributed by atoms with Crippen LogP contribution in [0.4, 0.5) is 0 Å². The monoisotopic (exact) mass is 201 g/mol. The van der Waals surface area contributed by atoms with Gasteiger partial charge < -0.3 is 5.73 Å². The molecule has 0 unspecified atom stereocenters. The van der Waals surface area contributed by atoms with E-state index >= 15 is 0 Å². The summed E-state index contributed by atoms with van der Waals surface area (Å²) in [7, 11) is 0. The van der Waals surface area contributed by atoms with Crippen LogP contribution in [0.3, 0.4) is 0 Å². The summed E-state index contributed by atoms with van der Waals surface area (Å²) in [5, 5.41) is 4.33. The van der Waals surface area contributed by atoms with E-state index in [0.717, 1.165) is 18.6 Å². The molecule has 0 aliphatic rings. The van der Waals surface area contributed by atoms with Crippen LogP contribution in [-0.2, 0) is 0 Å². The van der Waals surface area contributed by atoms with E-state index in [1.54, 1.807) is 0 Å². The summed E-state index contributed by atoms with van der Waals surface area (Å²) in [5.41, 5.74) is 9.03. The lowest BCUT2D eigenvalue weighted by molar-refractivity contribution is 0.464.